The van der Waals surface area contributed by atoms with Gasteiger partial charge in [0.2, 0.25) is 5.95 Å². The van der Waals surface area contributed by atoms with E-state index in [1.54, 1.807) is 18.2 Å². The fraction of sp³-hybridized carbons (Fsp3) is 0.353. The van der Waals surface area contributed by atoms with Crippen LogP contribution in [0.1, 0.15) is 35.6 Å². The Hall–Kier alpha value is -2.14. The van der Waals surface area contributed by atoms with Gasteiger partial charge in [-0.25, -0.2) is 9.97 Å². The first-order valence-electron chi connectivity index (χ1n) is 7.66. The van der Waals surface area contributed by atoms with E-state index in [4.69, 9.17) is 11.6 Å². The van der Waals surface area contributed by atoms with Crippen LogP contribution in [0.4, 0.5) is 5.95 Å². The van der Waals surface area contributed by atoms with Crippen molar-refractivity contribution in [1.82, 2.24) is 15.3 Å². The second kappa shape index (κ2) is 7.92. The number of aryl methyl sites for hydroxylation is 1. The summed E-state index contributed by atoms with van der Waals surface area (Å²) in [5.74, 6) is 0.380. The first-order valence-corrected chi connectivity index (χ1v) is 8.04. The van der Waals surface area contributed by atoms with Gasteiger partial charge >= 0.3 is 0 Å². The van der Waals surface area contributed by atoms with Gasteiger partial charge in [-0.2, -0.15) is 0 Å². The topological polar surface area (TPSA) is 58.1 Å². The molecule has 1 aromatic carbocycles. The molecule has 0 unspecified atom stereocenters. The lowest BCUT2D eigenvalue weighted by Gasteiger charge is -2.19. The third-order valence-corrected chi connectivity index (χ3v) is 3.74. The smallest absolute Gasteiger partial charge is 0.270 e. The molecule has 0 aliphatic heterocycles. The van der Waals surface area contributed by atoms with Gasteiger partial charge < -0.3 is 10.2 Å². The normalized spacial score (nSPS) is 10.4. The number of amides is 1. The predicted octanol–water partition coefficient (Wildman–Crippen LogP) is 3.21. The number of nitrogens with zero attached hydrogens (tertiary/aromatic N) is 3. The van der Waals surface area contributed by atoms with E-state index >= 15 is 0 Å². The van der Waals surface area contributed by atoms with Gasteiger partial charge in [-0.1, -0.05) is 23.7 Å². The van der Waals surface area contributed by atoms with Crippen molar-refractivity contribution in [2.75, 3.05) is 18.0 Å². The number of aromatic nitrogens is 2. The molecule has 0 spiro atoms. The van der Waals surface area contributed by atoms with Gasteiger partial charge in [-0.3, -0.25) is 4.79 Å². The minimum atomic E-state index is -0.209. The monoisotopic (exact) mass is 332 g/mol. The predicted molar refractivity (Wildman–Crippen MR) is 93.0 cm³/mol. The number of anilines is 1. The first-order chi connectivity index (χ1) is 11.0. The van der Waals surface area contributed by atoms with Crippen LogP contribution in [0.5, 0.6) is 0 Å². The molecule has 5 nitrogen and oxygen atoms in total. The Kier molecular flexibility index (Phi) is 5.93. The molecule has 0 fully saturated rings. The third kappa shape index (κ3) is 4.66. The van der Waals surface area contributed by atoms with E-state index in [9.17, 15) is 4.79 Å². The molecule has 0 saturated heterocycles. The number of rotatable bonds is 6. The molecular formula is C17H21ClN4O. The molecule has 0 aliphatic carbocycles. The van der Waals surface area contributed by atoms with Crippen molar-refractivity contribution in [1.29, 1.82) is 0 Å². The Bertz CT molecular complexity index is 669. The summed E-state index contributed by atoms with van der Waals surface area (Å²) in [6.45, 7) is 7.97. The molecule has 1 amide bonds. The molecule has 1 heterocycles. The van der Waals surface area contributed by atoms with Gasteiger partial charge in [0.15, 0.2) is 0 Å². The van der Waals surface area contributed by atoms with Crippen LogP contribution in [0, 0.1) is 6.92 Å². The van der Waals surface area contributed by atoms with Crippen molar-refractivity contribution in [3.8, 4) is 0 Å². The molecule has 0 saturated carbocycles. The fourth-order valence-corrected chi connectivity index (χ4v) is 2.32. The minimum Gasteiger partial charge on any atom is -0.347 e. The molecule has 122 valence electrons. The van der Waals surface area contributed by atoms with Gasteiger partial charge in [-0.05, 0) is 44.5 Å². The largest absolute Gasteiger partial charge is 0.347 e. The molecule has 2 rings (SSSR count). The highest BCUT2D eigenvalue weighted by Gasteiger charge is 2.13. The van der Waals surface area contributed by atoms with E-state index < -0.39 is 0 Å². The number of nitrogens with one attached hydrogen (secondary N) is 1. The number of hydrogen-bond donors (Lipinski definition) is 1. The van der Waals surface area contributed by atoms with Crippen LogP contribution in [-0.4, -0.2) is 29.0 Å². The maximum absolute atomic E-state index is 12.3. The van der Waals surface area contributed by atoms with Crippen LogP contribution in [0.15, 0.2) is 30.3 Å². The summed E-state index contributed by atoms with van der Waals surface area (Å²) in [7, 11) is 0. The third-order valence-electron chi connectivity index (χ3n) is 3.49. The average molecular weight is 333 g/mol. The van der Waals surface area contributed by atoms with E-state index in [1.165, 1.54) is 0 Å². The highest BCUT2D eigenvalue weighted by atomic mass is 35.5. The highest BCUT2D eigenvalue weighted by Crippen LogP contribution is 2.11. The quantitative estimate of drug-likeness (QED) is 0.882. The highest BCUT2D eigenvalue weighted by molar-refractivity contribution is 6.30. The van der Waals surface area contributed by atoms with Crippen molar-refractivity contribution >= 4 is 23.5 Å². The summed E-state index contributed by atoms with van der Waals surface area (Å²) in [6.07, 6.45) is 0. The second-order valence-corrected chi connectivity index (χ2v) is 5.61. The van der Waals surface area contributed by atoms with Gasteiger partial charge in [0, 0.05) is 30.4 Å². The molecular weight excluding hydrogens is 312 g/mol. The Morgan fingerprint density at radius 1 is 1.17 bits per heavy atom. The van der Waals surface area contributed by atoms with E-state index in [0.717, 1.165) is 24.3 Å². The van der Waals surface area contributed by atoms with Crippen molar-refractivity contribution in [3.05, 3.63) is 52.3 Å². The Balaban J connectivity index is 2.10. The first kappa shape index (κ1) is 17.2. The lowest BCUT2D eigenvalue weighted by Crippen LogP contribution is -2.28. The molecule has 0 aliphatic rings. The van der Waals surface area contributed by atoms with Crippen LogP contribution in [-0.2, 0) is 6.54 Å². The maximum Gasteiger partial charge on any atom is 0.270 e. The standard InChI is InChI=1S/C17H21ClN4O/c1-4-22(5-2)17-20-12(3)10-15(21-17)16(23)19-11-13-6-8-14(18)9-7-13/h6-10H,4-5,11H2,1-3H3,(H,19,23). The van der Waals surface area contributed by atoms with Crippen LogP contribution in [0.3, 0.4) is 0 Å². The van der Waals surface area contributed by atoms with E-state index in [0.29, 0.717) is 23.2 Å². The maximum atomic E-state index is 12.3. The second-order valence-electron chi connectivity index (χ2n) is 5.18. The van der Waals surface area contributed by atoms with E-state index in [-0.39, 0.29) is 5.91 Å². The number of carbonyl (C=O) groups is 1. The Labute approximate surface area is 141 Å². The Morgan fingerprint density at radius 2 is 1.83 bits per heavy atom. The molecule has 1 aromatic heterocycles. The molecule has 0 bridgehead atoms. The lowest BCUT2D eigenvalue weighted by molar-refractivity contribution is 0.0945. The molecule has 0 atom stereocenters. The van der Waals surface area contributed by atoms with Crippen molar-refractivity contribution in [2.24, 2.45) is 0 Å². The minimum absolute atomic E-state index is 0.209. The van der Waals surface area contributed by atoms with Gasteiger partial charge in [0.1, 0.15) is 5.69 Å². The molecule has 6 heteroatoms. The Morgan fingerprint density at radius 3 is 2.43 bits per heavy atom. The summed E-state index contributed by atoms with van der Waals surface area (Å²) in [5.41, 5.74) is 2.14. The van der Waals surface area contributed by atoms with Gasteiger partial charge in [0.25, 0.3) is 5.91 Å². The van der Waals surface area contributed by atoms with Crippen molar-refractivity contribution in [2.45, 2.75) is 27.3 Å². The zero-order valence-corrected chi connectivity index (χ0v) is 14.4. The molecule has 23 heavy (non-hydrogen) atoms. The number of halogens is 1. The fourth-order valence-electron chi connectivity index (χ4n) is 2.19. The van der Waals surface area contributed by atoms with Crippen LogP contribution < -0.4 is 10.2 Å². The summed E-state index contributed by atoms with van der Waals surface area (Å²) >= 11 is 5.85. The zero-order chi connectivity index (χ0) is 16.8. The summed E-state index contributed by atoms with van der Waals surface area (Å²) in [6, 6.07) is 9.07. The van der Waals surface area contributed by atoms with Crippen molar-refractivity contribution < 1.29 is 4.79 Å². The number of benzene rings is 1. The number of carbonyl (C=O) groups excluding carboxylic acids is 1. The zero-order valence-electron chi connectivity index (χ0n) is 13.6. The van der Waals surface area contributed by atoms with E-state index in [2.05, 4.69) is 15.3 Å². The van der Waals surface area contributed by atoms with E-state index in [1.807, 2.05) is 37.8 Å². The van der Waals surface area contributed by atoms with Crippen molar-refractivity contribution in [3.63, 3.8) is 0 Å². The summed E-state index contributed by atoms with van der Waals surface area (Å²) in [4.78, 5) is 23.1. The molecule has 2 aromatic rings. The molecule has 1 N–H and O–H groups in total. The average Bonchev–Trinajstić information content (AvgIpc) is 2.54. The van der Waals surface area contributed by atoms with Crippen LogP contribution >= 0.6 is 11.6 Å². The summed E-state index contributed by atoms with van der Waals surface area (Å²) in [5, 5.41) is 3.55. The molecule has 0 radical (unpaired) electrons. The van der Waals surface area contributed by atoms with Gasteiger partial charge in [-0.15, -0.1) is 0 Å². The SMILES string of the molecule is CCN(CC)c1nc(C)cc(C(=O)NCc2ccc(Cl)cc2)n1. The van der Waals surface area contributed by atoms with Crippen LogP contribution in [0.2, 0.25) is 5.02 Å². The van der Waals surface area contributed by atoms with Gasteiger partial charge in [0.05, 0.1) is 0 Å². The summed E-state index contributed by atoms with van der Waals surface area (Å²) < 4.78 is 0. The van der Waals surface area contributed by atoms with Crippen LogP contribution in [0.25, 0.3) is 0 Å². The lowest BCUT2D eigenvalue weighted by atomic mass is 10.2. The number of hydrogen-bond acceptors (Lipinski definition) is 4.